The Labute approximate surface area is 124 Å². The van der Waals surface area contributed by atoms with E-state index in [9.17, 15) is 4.79 Å². The van der Waals surface area contributed by atoms with E-state index in [4.69, 9.17) is 23.1 Å². The molecular formula is C15H20ClN3O. The van der Waals surface area contributed by atoms with Gasteiger partial charge in [-0.1, -0.05) is 24.4 Å². The van der Waals surface area contributed by atoms with Gasteiger partial charge in [0.2, 0.25) is 0 Å². The second-order valence-electron chi connectivity index (χ2n) is 5.86. The number of carbonyl (C=O) groups excluding carboxylic acids is 1. The fourth-order valence-electron chi connectivity index (χ4n) is 3.78. The molecule has 108 valence electrons. The summed E-state index contributed by atoms with van der Waals surface area (Å²) in [7, 11) is 0. The summed E-state index contributed by atoms with van der Waals surface area (Å²) < 4.78 is 0. The van der Waals surface area contributed by atoms with Crippen LogP contribution in [0.4, 0.5) is 11.4 Å². The zero-order chi connectivity index (χ0) is 14.3. The molecule has 4 nitrogen and oxygen atoms in total. The highest BCUT2D eigenvalue weighted by atomic mass is 35.5. The summed E-state index contributed by atoms with van der Waals surface area (Å²) >= 11 is 6.36. The number of benzene rings is 1. The minimum Gasteiger partial charge on any atom is -0.399 e. The number of nitrogens with two attached hydrogens (primary N) is 2. The minimum atomic E-state index is -0.464. The predicted molar refractivity (Wildman–Crippen MR) is 82.1 cm³/mol. The fourth-order valence-corrected chi connectivity index (χ4v) is 4.12. The van der Waals surface area contributed by atoms with Crippen molar-refractivity contribution in [3.05, 3.63) is 22.7 Å². The Morgan fingerprint density at radius 2 is 2.00 bits per heavy atom. The van der Waals surface area contributed by atoms with Crippen LogP contribution >= 0.6 is 11.6 Å². The normalized spacial score (nSPS) is 25.6. The van der Waals surface area contributed by atoms with Gasteiger partial charge < -0.3 is 16.4 Å². The van der Waals surface area contributed by atoms with Gasteiger partial charge >= 0.3 is 0 Å². The van der Waals surface area contributed by atoms with Crippen LogP contribution in [0, 0.1) is 5.92 Å². The number of hydrogen-bond donors (Lipinski definition) is 2. The zero-order valence-electron chi connectivity index (χ0n) is 11.4. The van der Waals surface area contributed by atoms with E-state index < -0.39 is 5.91 Å². The molecule has 0 spiro atoms. The van der Waals surface area contributed by atoms with Gasteiger partial charge in [-0.2, -0.15) is 0 Å². The number of fused-ring (bicyclic) bond motifs is 1. The summed E-state index contributed by atoms with van der Waals surface area (Å²) in [5.41, 5.74) is 13.0. The monoisotopic (exact) mass is 293 g/mol. The molecule has 0 aromatic heterocycles. The molecule has 1 saturated heterocycles. The average Bonchev–Trinajstić information content (AvgIpc) is 2.81. The lowest BCUT2D eigenvalue weighted by molar-refractivity contribution is 0.100. The van der Waals surface area contributed by atoms with Crippen molar-refractivity contribution in [3.8, 4) is 0 Å². The van der Waals surface area contributed by atoms with Gasteiger partial charge in [0.15, 0.2) is 0 Å². The van der Waals surface area contributed by atoms with Crippen molar-refractivity contribution in [2.24, 2.45) is 11.7 Å². The number of rotatable bonds is 2. The SMILES string of the molecule is NC(=O)c1cc(N)cc(Cl)c1N1CCC2CCCCC21. The first kappa shape index (κ1) is 13.6. The highest BCUT2D eigenvalue weighted by Gasteiger charge is 2.37. The quantitative estimate of drug-likeness (QED) is 0.824. The summed E-state index contributed by atoms with van der Waals surface area (Å²) in [6.45, 7) is 0.944. The van der Waals surface area contributed by atoms with Crippen molar-refractivity contribution < 1.29 is 4.79 Å². The Hall–Kier alpha value is -1.42. The smallest absolute Gasteiger partial charge is 0.250 e. The van der Waals surface area contributed by atoms with Crippen molar-refractivity contribution in [1.82, 2.24) is 0 Å². The van der Waals surface area contributed by atoms with E-state index in [1.807, 2.05) is 0 Å². The Morgan fingerprint density at radius 1 is 1.25 bits per heavy atom. The van der Waals surface area contributed by atoms with Crippen LogP contribution in [-0.4, -0.2) is 18.5 Å². The van der Waals surface area contributed by atoms with Crippen LogP contribution in [0.25, 0.3) is 0 Å². The lowest BCUT2D eigenvalue weighted by Crippen LogP contribution is -2.36. The Kier molecular flexibility index (Phi) is 3.50. The molecule has 4 N–H and O–H groups in total. The van der Waals surface area contributed by atoms with Crippen molar-refractivity contribution in [2.45, 2.75) is 38.1 Å². The molecule has 2 atom stereocenters. The Morgan fingerprint density at radius 3 is 2.75 bits per heavy atom. The molecule has 20 heavy (non-hydrogen) atoms. The topological polar surface area (TPSA) is 72.3 Å². The van der Waals surface area contributed by atoms with Crippen LogP contribution in [0.5, 0.6) is 0 Å². The van der Waals surface area contributed by atoms with E-state index in [1.165, 1.54) is 32.1 Å². The highest BCUT2D eigenvalue weighted by Crippen LogP contribution is 2.43. The molecule has 2 unspecified atom stereocenters. The van der Waals surface area contributed by atoms with Gasteiger partial charge in [-0.05, 0) is 37.3 Å². The number of hydrogen-bond acceptors (Lipinski definition) is 3. The number of nitrogens with zero attached hydrogens (tertiary/aromatic N) is 1. The molecule has 1 saturated carbocycles. The molecular weight excluding hydrogens is 274 g/mol. The molecule has 3 rings (SSSR count). The first-order chi connectivity index (χ1) is 9.58. The Balaban J connectivity index is 2.03. The van der Waals surface area contributed by atoms with E-state index in [-0.39, 0.29) is 0 Å². The molecule has 2 fully saturated rings. The molecule has 1 heterocycles. The van der Waals surface area contributed by atoms with E-state index in [0.717, 1.165) is 18.2 Å². The molecule has 1 aliphatic heterocycles. The Bertz CT molecular complexity index is 546. The molecule has 0 bridgehead atoms. The second kappa shape index (κ2) is 5.17. The second-order valence-corrected chi connectivity index (χ2v) is 6.26. The van der Waals surface area contributed by atoms with Crippen LogP contribution in [0.3, 0.4) is 0 Å². The van der Waals surface area contributed by atoms with Crippen LogP contribution in [-0.2, 0) is 0 Å². The van der Waals surface area contributed by atoms with Crippen LogP contribution in [0.2, 0.25) is 5.02 Å². The summed E-state index contributed by atoms with van der Waals surface area (Å²) in [5, 5.41) is 0.532. The summed E-state index contributed by atoms with van der Waals surface area (Å²) in [4.78, 5) is 14.0. The summed E-state index contributed by atoms with van der Waals surface area (Å²) in [6.07, 6.45) is 6.18. The van der Waals surface area contributed by atoms with Gasteiger partial charge in [-0.3, -0.25) is 4.79 Å². The van der Waals surface area contributed by atoms with E-state index >= 15 is 0 Å². The van der Waals surface area contributed by atoms with Crippen LogP contribution in [0.1, 0.15) is 42.5 Å². The first-order valence-corrected chi connectivity index (χ1v) is 7.61. The van der Waals surface area contributed by atoms with Crippen molar-refractivity contribution >= 4 is 28.9 Å². The molecule has 2 aliphatic rings. The number of halogens is 1. The largest absolute Gasteiger partial charge is 0.399 e. The van der Waals surface area contributed by atoms with Gasteiger partial charge in [0.1, 0.15) is 0 Å². The maximum absolute atomic E-state index is 11.7. The number of primary amides is 1. The van der Waals surface area contributed by atoms with Gasteiger partial charge in [0, 0.05) is 18.3 Å². The molecule has 1 aromatic carbocycles. The third-order valence-electron chi connectivity index (χ3n) is 4.65. The standard InChI is InChI=1S/C15H20ClN3O/c16-12-8-10(17)7-11(15(18)20)14(12)19-6-5-9-3-1-2-4-13(9)19/h7-9,13H,1-6,17H2,(H2,18,20). The van der Waals surface area contributed by atoms with E-state index in [0.29, 0.717) is 22.3 Å². The van der Waals surface area contributed by atoms with Crippen molar-refractivity contribution in [2.75, 3.05) is 17.2 Å². The lowest BCUT2D eigenvalue weighted by Gasteiger charge is -2.34. The molecule has 5 heteroatoms. The maximum atomic E-state index is 11.7. The fraction of sp³-hybridized carbons (Fsp3) is 0.533. The van der Waals surface area contributed by atoms with E-state index in [1.54, 1.807) is 12.1 Å². The third-order valence-corrected chi connectivity index (χ3v) is 4.94. The predicted octanol–water partition coefficient (Wildman–Crippen LogP) is 2.79. The van der Waals surface area contributed by atoms with Gasteiger partial charge in [0.25, 0.3) is 5.91 Å². The average molecular weight is 294 g/mol. The summed E-state index contributed by atoms with van der Waals surface area (Å²) in [5.74, 6) is 0.256. The number of carbonyl (C=O) groups is 1. The van der Waals surface area contributed by atoms with E-state index in [2.05, 4.69) is 4.90 Å². The van der Waals surface area contributed by atoms with Gasteiger partial charge in [0.05, 0.1) is 16.3 Å². The zero-order valence-corrected chi connectivity index (χ0v) is 12.2. The van der Waals surface area contributed by atoms with Crippen LogP contribution in [0.15, 0.2) is 12.1 Å². The molecule has 0 radical (unpaired) electrons. The number of amides is 1. The first-order valence-electron chi connectivity index (χ1n) is 7.23. The maximum Gasteiger partial charge on any atom is 0.250 e. The van der Waals surface area contributed by atoms with Crippen molar-refractivity contribution in [3.63, 3.8) is 0 Å². The number of anilines is 2. The van der Waals surface area contributed by atoms with Crippen molar-refractivity contribution in [1.29, 1.82) is 0 Å². The minimum absolute atomic E-state index is 0.446. The third kappa shape index (κ3) is 2.22. The van der Waals surface area contributed by atoms with Gasteiger partial charge in [-0.25, -0.2) is 0 Å². The van der Waals surface area contributed by atoms with Gasteiger partial charge in [-0.15, -0.1) is 0 Å². The summed E-state index contributed by atoms with van der Waals surface area (Å²) in [6, 6.07) is 3.84. The molecule has 1 aromatic rings. The molecule has 1 aliphatic carbocycles. The lowest BCUT2D eigenvalue weighted by atomic mass is 9.85. The van der Waals surface area contributed by atoms with Crippen LogP contribution < -0.4 is 16.4 Å². The highest BCUT2D eigenvalue weighted by molar-refractivity contribution is 6.34. The molecule has 1 amide bonds. The number of nitrogen functional groups attached to an aromatic ring is 1.